The quantitative estimate of drug-likeness (QED) is 0.296. The predicted molar refractivity (Wildman–Crippen MR) is 55.7 cm³/mol. The molecule has 0 aromatic heterocycles. The minimum absolute atomic E-state index is 0.373. The number of nitroso groups, excluding NO2 is 1. The summed E-state index contributed by atoms with van der Waals surface area (Å²) in [7, 11) is 1.04. The van der Waals surface area contributed by atoms with Gasteiger partial charge in [0.05, 0.1) is 11.9 Å². The van der Waals surface area contributed by atoms with Crippen LogP contribution in [0.15, 0.2) is 16.7 Å². The van der Waals surface area contributed by atoms with E-state index < -0.39 is 42.6 Å². The highest BCUT2D eigenvalue weighted by Gasteiger charge is 2.37. The lowest BCUT2D eigenvalue weighted by atomic mass is 10.1. The van der Waals surface area contributed by atoms with Crippen LogP contribution in [-0.2, 0) is 4.74 Å². The Kier molecular flexibility index (Phi) is 4.55. The van der Waals surface area contributed by atoms with E-state index >= 15 is 0 Å². The van der Waals surface area contributed by atoms with E-state index in [1.54, 1.807) is 0 Å². The molecule has 18 heavy (non-hydrogen) atoms. The molecule has 0 radical (unpaired) electrons. The second kappa shape index (κ2) is 5.73. The zero-order valence-corrected chi connectivity index (χ0v) is 9.35. The number of amides is 2. The molecule has 1 aliphatic rings. The summed E-state index contributed by atoms with van der Waals surface area (Å²) in [5, 5.41) is 41.9. The fraction of sp³-hybridized carbons (Fsp3) is 0.625. The first-order valence-electron chi connectivity index (χ1n) is 4.85. The molecule has 0 aromatic carbocycles. The van der Waals surface area contributed by atoms with Gasteiger partial charge in [0.25, 0.3) is 0 Å². The smallest absolute Gasteiger partial charge is 0.344 e. The van der Waals surface area contributed by atoms with Crippen LogP contribution in [0.25, 0.3) is 0 Å². The molecule has 3 atom stereocenters. The number of nitrogens with one attached hydrogen (secondary N) is 1. The van der Waals surface area contributed by atoms with Crippen molar-refractivity contribution in [3.05, 3.63) is 16.4 Å². The van der Waals surface area contributed by atoms with Crippen LogP contribution in [-0.4, -0.2) is 63.6 Å². The normalized spacial score (nSPS) is 27.9. The average molecular weight is 263 g/mol. The summed E-state index contributed by atoms with van der Waals surface area (Å²) < 4.78 is 4.74. The molecule has 2 amide bonds. The molecule has 0 aromatic rings. The van der Waals surface area contributed by atoms with E-state index in [0.717, 1.165) is 7.05 Å². The fourth-order valence-corrected chi connectivity index (χ4v) is 1.27. The van der Waals surface area contributed by atoms with Crippen molar-refractivity contribution in [3.63, 3.8) is 0 Å². The third-order valence-electron chi connectivity index (χ3n) is 2.30. The highest BCUT2D eigenvalue weighted by Crippen LogP contribution is 2.21. The topological polar surface area (TPSA) is 152 Å². The number of hydrogen-bond acceptors (Lipinski definition) is 8. The lowest BCUT2D eigenvalue weighted by Crippen LogP contribution is -2.48. The van der Waals surface area contributed by atoms with Crippen LogP contribution in [0.2, 0.25) is 0 Å². The Morgan fingerprint density at radius 2 is 2.17 bits per heavy atom. The lowest BCUT2D eigenvalue weighted by molar-refractivity contribution is -0.175. The maximum absolute atomic E-state index is 11.3. The van der Waals surface area contributed by atoms with E-state index in [0.29, 0.717) is 5.01 Å². The molecule has 0 bridgehead atoms. The number of hydrogen-bond donors (Lipinski definition) is 5. The van der Waals surface area contributed by atoms with Crippen molar-refractivity contribution in [2.45, 2.75) is 18.5 Å². The molecule has 1 aliphatic heterocycles. The van der Waals surface area contributed by atoms with E-state index in [2.05, 4.69) is 5.29 Å². The Labute approximate surface area is 101 Å². The van der Waals surface area contributed by atoms with E-state index in [-0.39, 0.29) is 0 Å². The monoisotopic (exact) mass is 263 g/mol. The SMILES string of the molecule is CN(N=O)C(=O)NC1=C(O)[C@H](O)C(CO)O[C@@H]1O. The molecule has 0 fully saturated rings. The zero-order valence-electron chi connectivity index (χ0n) is 9.35. The molecule has 0 saturated carbocycles. The Bertz CT molecular complexity index is 372. The molecule has 0 spiro atoms. The summed E-state index contributed by atoms with van der Waals surface area (Å²) >= 11 is 0. The van der Waals surface area contributed by atoms with Gasteiger partial charge >= 0.3 is 6.03 Å². The van der Waals surface area contributed by atoms with Crippen molar-refractivity contribution in [1.82, 2.24) is 10.3 Å². The molecule has 1 rings (SSSR count). The molecule has 0 saturated heterocycles. The number of aliphatic hydroxyl groups is 4. The van der Waals surface area contributed by atoms with Crippen LogP contribution in [0.3, 0.4) is 0 Å². The van der Waals surface area contributed by atoms with E-state index in [1.165, 1.54) is 0 Å². The summed E-state index contributed by atoms with van der Waals surface area (Å²) in [6.07, 6.45) is -4.58. The van der Waals surface area contributed by atoms with Crippen molar-refractivity contribution >= 4 is 6.03 Å². The maximum Gasteiger partial charge on any atom is 0.344 e. The van der Waals surface area contributed by atoms with Gasteiger partial charge in [-0.3, -0.25) is 0 Å². The molecule has 5 N–H and O–H groups in total. The van der Waals surface area contributed by atoms with Crippen LogP contribution < -0.4 is 5.32 Å². The number of aliphatic hydroxyl groups excluding tert-OH is 4. The average Bonchev–Trinajstić information content (AvgIpc) is 2.37. The number of carbonyl (C=O) groups is 1. The van der Waals surface area contributed by atoms with Gasteiger partial charge in [0.2, 0.25) is 6.29 Å². The van der Waals surface area contributed by atoms with Gasteiger partial charge in [-0.05, 0) is 0 Å². The molecular weight excluding hydrogens is 250 g/mol. The van der Waals surface area contributed by atoms with E-state index in [9.17, 15) is 25.0 Å². The van der Waals surface area contributed by atoms with Gasteiger partial charge in [0.15, 0.2) is 0 Å². The van der Waals surface area contributed by atoms with Crippen LogP contribution in [0.5, 0.6) is 0 Å². The van der Waals surface area contributed by atoms with Gasteiger partial charge in [-0.2, -0.15) is 5.01 Å². The van der Waals surface area contributed by atoms with E-state index in [4.69, 9.17) is 9.84 Å². The van der Waals surface area contributed by atoms with Gasteiger partial charge in [-0.15, -0.1) is 4.91 Å². The Balaban J connectivity index is 2.89. The summed E-state index contributed by atoms with van der Waals surface area (Å²) in [5.41, 5.74) is -0.521. The van der Waals surface area contributed by atoms with Crippen molar-refractivity contribution in [2.75, 3.05) is 13.7 Å². The number of rotatable bonds is 3. The third kappa shape index (κ3) is 2.73. The molecule has 102 valence electrons. The molecule has 0 aliphatic carbocycles. The lowest BCUT2D eigenvalue weighted by Gasteiger charge is -2.32. The van der Waals surface area contributed by atoms with Crippen molar-refractivity contribution in [2.24, 2.45) is 5.29 Å². The zero-order chi connectivity index (χ0) is 13.9. The fourth-order valence-electron chi connectivity index (χ4n) is 1.27. The van der Waals surface area contributed by atoms with Crippen molar-refractivity contribution < 1.29 is 30.0 Å². The predicted octanol–water partition coefficient (Wildman–Crippen LogP) is -1.85. The first kappa shape index (κ1) is 14.3. The first-order valence-corrected chi connectivity index (χ1v) is 4.85. The second-order valence-electron chi connectivity index (χ2n) is 3.49. The van der Waals surface area contributed by atoms with Crippen molar-refractivity contribution in [3.8, 4) is 0 Å². The number of urea groups is 1. The van der Waals surface area contributed by atoms with Gasteiger partial charge in [-0.1, -0.05) is 0 Å². The van der Waals surface area contributed by atoms with Gasteiger partial charge in [-0.25, -0.2) is 4.79 Å². The molecule has 10 nitrogen and oxygen atoms in total. The number of nitrogens with zero attached hydrogens (tertiary/aromatic N) is 2. The minimum atomic E-state index is -1.76. The van der Waals surface area contributed by atoms with E-state index in [1.807, 2.05) is 5.32 Å². The Hall–Kier alpha value is -1.75. The summed E-state index contributed by atoms with van der Waals surface area (Å²) in [6.45, 7) is -0.640. The van der Waals surface area contributed by atoms with Gasteiger partial charge in [0, 0.05) is 7.05 Å². The largest absolute Gasteiger partial charge is 0.507 e. The summed E-state index contributed by atoms with van der Waals surface area (Å²) in [5.74, 6) is -0.763. The highest BCUT2D eigenvalue weighted by atomic mass is 16.6. The standard InChI is InChI=1S/C8H13N3O7/c1-11(10-17)8(16)9-4-6(14)5(13)3(2-12)18-7(4)15/h3,5,7,12-15H,2H2,1H3,(H,9,16)/t3?,5-,7+/m1/s1. The Morgan fingerprint density at radius 3 is 2.67 bits per heavy atom. The molecular formula is C8H13N3O7. The second-order valence-corrected chi connectivity index (χ2v) is 3.49. The molecule has 1 heterocycles. The van der Waals surface area contributed by atoms with Crippen LogP contribution >= 0.6 is 0 Å². The number of carbonyl (C=O) groups excluding carboxylic acids is 1. The highest BCUT2D eigenvalue weighted by molar-refractivity contribution is 5.75. The van der Waals surface area contributed by atoms with Gasteiger partial charge < -0.3 is 30.5 Å². The Morgan fingerprint density at radius 1 is 1.56 bits per heavy atom. The van der Waals surface area contributed by atoms with Gasteiger partial charge in [0.1, 0.15) is 23.7 Å². The summed E-state index contributed by atoms with van der Waals surface area (Å²) in [4.78, 5) is 21.3. The van der Waals surface area contributed by atoms with Crippen LogP contribution in [0, 0.1) is 4.91 Å². The molecule has 10 heteroatoms. The molecule has 1 unspecified atom stereocenters. The first-order chi connectivity index (χ1) is 8.42. The number of ether oxygens (including phenoxy) is 1. The minimum Gasteiger partial charge on any atom is -0.507 e. The van der Waals surface area contributed by atoms with Crippen LogP contribution in [0.4, 0.5) is 4.79 Å². The summed E-state index contributed by atoms with van der Waals surface area (Å²) in [6, 6.07) is -1.04. The third-order valence-corrected chi connectivity index (χ3v) is 2.30. The van der Waals surface area contributed by atoms with Crippen LogP contribution in [0.1, 0.15) is 0 Å². The van der Waals surface area contributed by atoms with Crippen molar-refractivity contribution in [1.29, 1.82) is 0 Å². The maximum atomic E-state index is 11.3.